The molecule has 0 bridgehead atoms. The van der Waals surface area contributed by atoms with Gasteiger partial charge in [-0.05, 0) is 48.4 Å². The van der Waals surface area contributed by atoms with E-state index in [0.717, 1.165) is 10.7 Å². The average molecular weight is 566 g/mol. The summed E-state index contributed by atoms with van der Waals surface area (Å²) in [5, 5.41) is 11.4. The number of benzene rings is 1. The Hall–Kier alpha value is -3.71. The number of carboxylic acid groups (broad SMARTS) is 1. The Morgan fingerprint density at radius 1 is 1.03 bits per heavy atom. The number of hydrogen-bond donors (Lipinski definition) is 2. The molecule has 39 heavy (non-hydrogen) atoms. The third kappa shape index (κ3) is 9.21. The topological polar surface area (TPSA) is 116 Å². The molecule has 2 heterocycles. The van der Waals surface area contributed by atoms with E-state index in [2.05, 4.69) is 15.3 Å². The number of aromatic nitrogens is 2. The first-order valence-corrected chi connectivity index (χ1v) is 13.7. The predicted octanol–water partition coefficient (Wildman–Crippen LogP) is 4.53. The van der Waals surface area contributed by atoms with Gasteiger partial charge in [0.25, 0.3) is 10.0 Å². The molecule has 2 aromatic heterocycles. The molecule has 0 amide bonds. The number of rotatable bonds is 14. The van der Waals surface area contributed by atoms with Gasteiger partial charge in [0, 0.05) is 25.0 Å². The van der Waals surface area contributed by atoms with Crippen LogP contribution in [0.2, 0.25) is 0 Å². The first kappa shape index (κ1) is 29.8. The number of halogens is 3. The fourth-order valence-electron chi connectivity index (χ4n) is 3.75. The number of hydrogen-bond acceptors (Lipinski definition) is 7. The summed E-state index contributed by atoms with van der Waals surface area (Å²) in [5.74, 6) is -0.806. The number of unbranched alkanes of at least 4 members (excludes halogenated alkanes) is 1. The average Bonchev–Trinajstić information content (AvgIpc) is 2.90. The fourth-order valence-corrected chi connectivity index (χ4v) is 5.08. The number of carboxylic acids is 1. The highest BCUT2D eigenvalue weighted by molar-refractivity contribution is 7.89. The van der Waals surface area contributed by atoms with E-state index in [-0.39, 0.29) is 37.0 Å². The Labute approximate surface area is 225 Å². The van der Waals surface area contributed by atoms with E-state index >= 15 is 0 Å². The van der Waals surface area contributed by atoms with Crippen molar-refractivity contribution in [3.8, 4) is 0 Å². The van der Waals surface area contributed by atoms with Crippen molar-refractivity contribution in [3.63, 3.8) is 0 Å². The molecule has 9 nitrogen and oxygen atoms in total. The minimum Gasteiger partial charge on any atom is -0.480 e. The molecule has 0 aliphatic carbocycles. The standard InChI is InChI=1S/C26H30F3N5O4S/c1-2-3-15-33(19-26(27,28)29)22-12-10-20(11-13-22)17-34(39(37,38)24-9-4-5-14-30-24)18-21-7-6-8-23(32-21)31-16-25(35)36/h4-14H,2-3,15-19H2,1H3,(H,31,32)(H,35,36). The zero-order valence-corrected chi connectivity index (χ0v) is 22.1. The molecule has 0 saturated carbocycles. The molecule has 0 aliphatic rings. The zero-order chi connectivity index (χ0) is 28.5. The zero-order valence-electron chi connectivity index (χ0n) is 21.3. The van der Waals surface area contributed by atoms with E-state index in [1.807, 2.05) is 6.92 Å². The number of sulfonamides is 1. The first-order valence-electron chi connectivity index (χ1n) is 12.2. The molecule has 0 aliphatic heterocycles. The molecule has 0 unspecified atom stereocenters. The van der Waals surface area contributed by atoms with Crippen molar-refractivity contribution < 1.29 is 31.5 Å². The largest absolute Gasteiger partial charge is 0.480 e. The van der Waals surface area contributed by atoms with E-state index < -0.39 is 28.7 Å². The molecule has 0 spiro atoms. The molecule has 2 N–H and O–H groups in total. The summed E-state index contributed by atoms with van der Waals surface area (Å²) in [4.78, 5) is 20.4. The van der Waals surface area contributed by atoms with Crippen molar-refractivity contribution >= 4 is 27.5 Å². The van der Waals surface area contributed by atoms with Crippen LogP contribution in [-0.2, 0) is 27.9 Å². The molecule has 210 valence electrons. The number of alkyl halides is 3. The maximum absolute atomic E-state index is 13.5. The van der Waals surface area contributed by atoms with Gasteiger partial charge in [0.2, 0.25) is 0 Å². The number of aliphatic carboxylic acids is 1. The van der Waals surface area contributed by atoms with Crippen LogP contribution in [0.3, 0.4) is 0 Å². The number of nitrogens with one attached hydrogen (secondary N) is 1. The summed E-state index contributed by atoms with van der Waals surface area (Å²) in [7, 11) is -4.09. The second kappa shape index (κ2) is 13.4. The summed E-state index contributed by atoms with van der Waals surface area (Å²) in [6.45, 7) is 0.459. The van der Waals surface area contributed by atoms with Crippen molar-refractivity contribution in [2.75, 3.05) is 29.9 Å². The van der Waals surface area contributed by atoms with Gasteiger partial charge in [-0.2, -0.15) is 17.5 Å². The van der Waals surface area contributed by atoms with Crippen LogP contribution in [0.5, 0.6) is 0 Å². The quantitative estimate of drug-likeness (QED) is 0.293. The number of pyridine rings is 2. The molecule has 0 fully saturated rings. The smallest absolute Gasteiger partial charge is 0.405 e. The van der Waals surface area contributed by atoms with Crippen molar-refractivity contribution in [3.05, 3.63) is 78.1 Å². The van der Waals surface area contributed by atoms with Gasteiger partial charge in [-0.1, -0.05) is 37.6 Å². The van der Waals surface area contributed by atoms with Crippen molar-refractivity contribution in [1.82, 2.24) is 14.3 Å². The molecule has 3 aromatic rings. The Morgan fingerprint density at radius 3 is 2.38 bits per heavy atom. The van der Waals surface area contributed by atoms with Crippen LogP contribution in [0, 0.1) is 0 Å². The number of anilines is 2. The summed E-state index contributed by atoms with van der Waals surface area (Å²) in [5.41, 5.74) is 1.31. The lowest BCUT2D eigenvalue weighted by Gasteiger charge is -2.26. The van der Waals surface area contributed by atoms with E-state index in [4.69, 9.17) is 5.11 Å². The maximum Gasteiger partial charge on any atom is 0.405 e. The van der Waals surface area contributed by atoms with Gasteiger partial charge in [-0.25, -0.2) is 18.4 Å². The monoisotopic (exact) mass is 565 g/mol. The predicted molar refractivity (Wildman–Crippen MR) is 141 cm³/mol. The second-order valence-electron chi connectivity index (χ2n) is 8.76. The lowest BCUT2D eigenvalue weighted by atomic mass is 10.1. The number of carbonyl (C=O) groups is 1. The molecule has 13 heteroatoms. The molecular weight excluding hydrogens is 535 g/mol. The lowest BCUT2D eigenvalue weighted by molar-refractivity contribution is -0.135. The SMILES string of the molecule is CCCCN(CC(F)(F)F)c1ccc(CN(Cc2cccc(NCC(=O)O)n2)S(=O)(=O)c2ccccn2)cc1. The third-order valence-corrected chi connectivity index (χ3v) is 7.33. The minimum absolute atomic E-state index is 0.0954. The van der Waals surface area contributed by atoms with Crippen LogP contribution in [-0.4, -0.2) is 59.6 Å². The highest BCUT2D eigenvalue weighted by Gasteiger charge is 2.31. The van der Waals surface area contributed by atoms with Gasteiger partial charge in [-0.15, -0.1) is 0 Å². The molecule has 0 radical (unpaired) electrons. The van der Waals surface area contributed by atoms with Gasteiger partial charge in [0.1, 0.15) is 18.9 Å². The lowest BCUT2D eigenvalue weighted by Crippen LogP contribution is -2.35. The Bertz CT molecular complexity index is 1320. The van der Waals surface area contributed by atoms with E-state index in [1.165, 1.54) is 17.2 Å². The highest BCUT2D eigenvalue weighted by Crippen LogP contribution is 2.25. The van der Waals surface area contributed by atoms with Gasteiger partial charge < -0.3 is 15.3 Å². The minimum atomic E-state index is -4.36. The van der Waals surface area contributed by atoms with Gasteiger partial charge >= 0.3 is 12.1 Å². The van der Waals surface area contributed by atoms with Crippen molar-refractivity contribution in [2.45, 2.75) is 44.1 Å². The summed E-state index contributed by atoms with van der Waals surface area (Å²) < 4.78 is 67.5. The highest BCUT2D eigenvalue weighted by atomic mass is 32.2. The molecule has 0 saturated heterocycles. The normalized spacial score (nSPS) is 11.9. The summed E-state index contributed by atoms with van der Waals surface area (Å²) in [6, 6.07) is 15.6. The van der Waals surface area contributed by atoms with Crippen LogP contribution in [0.25, 0.3) is 0 Å². The maximum atomic E-state index is 13.5. The number of nitrogens with zero attached hydrogens (tertiary/aromatic N) is 4. The van der Waals surface area contributed by atoms with Gasteiger partial charge in [0.15, 0.2) is 5.03 Å². The Balaban J connectivity index is 1.88. The van der Waals surface area contributed by atoms with Gasteiger partial charge in [-0.3, -0.25) is 4.79 Å². The fraction of sp³-hybridized carbons (Fsp3) is 0.346. The van der Waals surface area contributed by atoms with Crippen LogP contribution in [0.1, 0.15) is 31.0 Å². The molecule has 1 aromatic carbocycles. The molecular formula is C26H30F3N5O4S. The van der Waals surface area contributed by atoms with Crippen molar-refractivity contribution in [2.24, 2.45) is 0 Å². The third-order valence-electron chi connectivity index (χ3n) is 5.62. The summed E-state index contributed by atoms with van der Waals surface area (Å²) in [6.07, 6.45) is -1.66. The Morgan fingerprint density at radius 2 is 1.77 bits per heavy atom. The summed E-state index contributed by atoms with van der Waals surface area (Å²) >= 11 is 0. The van der Waals surface area contributed by atoms with Crippen LogP contribution in [0.4, 0.5) is 24.7 Å². The first-order chi connectivity index (χ1) is 18.5. The van der Waals surface area contributed by atoms with Crippen LogP contribution >= 0.6 is 0 Å². The van der Waals surface area contributed by atoms with E-state index in [9.17, 15) is 26.4 Å². The van der Waals surface area contributed by atoms with Crippen molar-refractivity contribution in [1.29, 1.82) is 0 Å². The Kier molecular flexibility index (Phi) is 10.2. The van der Waals surface area contributed by atoms with Crippen LogP contribution in [0.15, 0.2) is 71.9 Å². The molecule has 0 atom stereocenters. The van der Waals surface area contributed by atoms with E-state index in [0.29, 0.717) is 23.4 Å². The van der Waals surface area contributed by atoms with Crippen LogP contribution < -0.4 is 10.2 Å². The van der Waals surface area contributed by atoms with E-state index in [1.54, 1.807) is 54.6 Å². The molecule has 3 rings (SSSR count). The second-order valence-corrected chi connectivity index (χ2v) is 10.6. The van der Waals surface area contributed by atoms with Gasteiger partial charge in [0.05, 0.1) is 12.2 Å².